The highest BCUT2D eigenvalue weighted by Gasteiger charge is 2.17. The molecule has 0 spiro atoms. The van der Waals surface area contributed by atoms with E-state index in [1.165, 1.54) is 6.26 Å². The minimum absolute atomic E-state index is 0.174. The number of carbonyl (C=O) groups excluding carboxylic acids is 2. The SMILES string of the molecule is CC/C1=C/OC(=O)/C(C)=C(/C)C(=O)OC1. The van der Waals surface area contributed by atoms with Crippen LogP contribution < -0.4 is 0 Å². The Morgan fingerprint density at radius 1 is 1.20 bits per heavy atom. The van der Waals surface area contributed by atoms with E-state index in [0.717, 1.165) is 5.57 Å². The Morgan fingerprint density at radius 3 is 2.40 bits per heavy atom. The van der Waals surface area contributed by atoms with Crippen molar-refractivity contribution in [3.8, 4) is 0 Å². The summed E-state index contributed by atoms with van der Waals surface area (Å²) in [6, 6.07) is 0. The van der Waals surface area contributed by atoms with Gasteiger partial charge in [0.2, 0.25) is 0 Å². The average Bonchev–Trinajstić information content (AvgIpc) is 2.28. The molecule has 0 fully saturated rings. The van der Waals surface area contributed by atoms with Crippen molar-refractivity contribution < 1.29 is 19.1 Å². The van der Waals surface area contributed by atoms with Gasteiger partial charge in [-0.15, -0.1) is 0 Å². The highest BCUT2D eigenvalue weighted by Crippen LogP contribution is 2.13. The number of ether oxygens (including phenoxy) is 2. The minimum atomic E-state index is -0.502. The highest BCUT2D eigenvalue weighted by molar-refractivity contribution is 5.99. The monoisotopic (exact) mass is 210 g/mol. The van der Waals surface area contributed by atoms with Crippen LogP contribution in [0.1, 0.15) is 27.2 Å². The maximum absolute atomic E-state index is 11.4. The molecule has 0 radical (unpaired) electrons. The van der Waals surface area contributed by atoms with Crippen LogP contribution >= 0.6 is 0 Å². The van der Waals surface area contributed by atoms with E-state index in [1.807, 2.05) is 6.92 Å². The lowest BCUT2D eigenvalue weighted by Crippen LogP contribution is -2.11. The molecule has 0 saturated carbocycles. The molecule has 82 valence electrons. The first-order valence-electron chi connectivity index (χ1n) is 4.79. The van der Waals surface area contributed by atoms with Crippen LogP contribution in [0.25, 0.3) is 0 Å². The molecule has 15 heavy (non-hydrogen) atoms. The van der Waals surface area contributed by atoms with E-state index in [2.05, 4.69) is 0 Å². The fraction of sp³-hybridized carbons (Fsp3) is 0.455. The third-order valence-electron chi connectivity index (χ3n) is 2.35. The summed E-state index contributed by atoms with van der Waals surface area (Å²) in [7, 11) is 0. The van der Waals surface area contributed by atoms with E-state index in [-0.39, 0.29) is 12.2 Å². The van der Waals surface area contributed by atoms with Gasteiger partial charge >= 0.3 is 11.9 Å². The molecule has 0 saturated heterocycles. The maximum atomic E-state index is 11.4. The lowest BCUT2D eigenvalue weighted by molar-refractivity contribution is -0.138. The molecule has 0 aromatic carbocycles. The van der Waals surface area contributed by atoms with Gasteiger partial charge in [-0.05, 0) is 20.3 Å². The number of hydrogen-bond acceptors (Lipinski definition) is 4. The Hall–Kier alpha value is -1.58. The highest BCUT2D eigenvalue weighted by atomic mass is 16.5. The Labute approximate surface area is 88.6 Å². The van der Waals surface area contributed by atoms with Gasteiger partial charge in [0, 0.05) is 16.7 Å². The van der Waals surface area contributed by atoms with Crippen LogP contribution in [-0.4, -0.2) is 18.5 Å². The Balaban J connectivity index is 2.99. The summed E-state index contributed by atoms with van der Waals surface area (Å²) in [6.07, 6.45) is 2.04. The van der Waals surface area contributed by atoms with Crippen LogP contribution in [0.5, 0.6) is 0 Å². The van der Waals surface area contributed by atoms with Crippen molar-refractivity contribution in [2.24, 2.45) is 0 Å². The summed E-state index contributed by atoms with van der Waals surface area (Å²) in [5.41, 5.74) is 1.36. The molecule has 0 atom stereocenters. The third-order valence-corrected chi connectivity index (χ3v) is 2.35. The van der Waals surface area contributed by atoms with Gasteiger partial charge in [0.1, 0.15) is 6.61 Å². The fourth-order valence-corrected chi connectivity index (χ4v) is 1.02. The van der Waals surface area contributed by atoms with Crippen LogP contribution in [0, 0.1) is 0 Å². The zero-order chi connectivity index (χ0) is 11.4. The summed E-state index contributed by atoms with van der Waals surface area (Å²) in [5.74, 6) is -0.969. The second-order valence-electron chi connectivity index (χ2n) is 3.36. The normalized spacial score (nSPS) is 26.7. The van der Waals surface area contributed by atoms with Crippen LogP contribution in [0.15, 0.2) is 23.0 Å². The van der Waals surface area contributed by atoms with Gasteiger partial charge in [0.15, 0.2) is 0 Å². The van der Waals surface area contributed by atoms with Crippen molar-refractivity contribution in [2.45, 2.75) is 27.2 Å². The Bertz CT molecular complexity index is 350. The van der Waals surface area contributed by atoms with E-state index < -0.39 is 11.9 Å². The topological polar surface area (TPSA) is 52.6 Å². The van der Waals surface area contributed by atoms with Crippen LogP contribution in [0.4, 0.5) is 0 Å². The summed E-state index contributed by atoms with van der Waals surface area (Å²) in [4.78, 5) is 22.8. The van der Waals surface area contributed by atoms with Gasteiger partial charge in [-0.3, -0.25) is 0 Å². The van der Waals surface area contributed by atoms with Gasteiger partial charge in [-0.1, -0.05) is 6.92 Å². The molecule has 0 N–H and O–H groups in total. The van der Waals surface area contributed by atoms with Crippen molar-refractivity contribution in [3.63, 3.8) is 0 Å². The predicted octanol–water partition coefficient (Wildman–Crippen LogP) is 1.72. The molecule has 0 aromatic heterocycles. The number of carbonyl (C=O) groups is 2. The minimum Gasteiger partial charge on any atom is -0.458 e. The summed E-state index contributed by atoms with van der Waals surface area (Å²) >= 11 is 0. The van der Waals surface area contributed by atoms with Crippen LogP contribution in [0.3, 0.4) is 0 Å². The first-order valence-corrected chi connectivity index (χ1v) is 4.79. The van der Waals surface area contributed by atoms with Gasteiger partial charge in [-0.2, -0.15) is 0 Å². The molecule has 4 heteroatoms. The van der Waals surface area contributed by atoms with Crippen molar-refractivity contribution in [3.05, 3.63) is 23.0 Å². The first kappa shape index (κ1) is 11.5. The summed E-state index contributed by atoms with van der Waals surface area (Å²) < 4.78 is 9.91. The quantitative estimate of drug-likeness (QED) is 0.618. The molecule has 1 rings (SSSR count). The fourth-order valence-electron chi connectivity index (χ4n) is 1.02. The zero-order valence-electron chi connectivity index (χ0n) is 9.12. The third kappa shape index (κ3) is 2.68. The number of hydrogen-bond donors (Lipinski definition) is 0. The van der Waals surface area contributed by atoms with E-state index in [9.17, 15) is 9.59 Å². The van der Waals surface area contributed by atoms with Crippen LogP contribution in [-0.2, 0) is 19.1 Å². The van der Waals surface area contributed by atoms with Crippen molar-refractivity contribution >= 4 is 11.9 Å². The average molecular weight is 210 g/mol. The molecule has 1 heterocycles. The summed E-state index contributed by atoms with van der Waals surface area (Å²) in [6.45, 7) is 5.17. The van der Waals surface area contributed by atoms with E-state index >= 15 is 0 Å². The smallest absolute Gasteiger partial charge is 0.339 e. The number of esters is 2. The lowest BCUT2D eigenvalue weighted by Gasteiger charge is -2.04. The van der Waals surface area contributed by atoms with Crippen molar-refractivity contribution in [1.82, 2.24) is 0 Å². The number of cyclic esters (lactones) is 2. The number of rotatable bonds is 1. The predicted molar refractivity (Wildman–Crippen MR) is 53.8 cm³/mol. The molecule has 0 aromatic rings. The Morgan fingerprint density at radius 2 is 1.80 bits per heavy atom. The molecule has 0 bridgehead atoms. The van der Waals surface area contributed by atoms with E-state index in [4.69, 9.17) is 9.47 Å². The molecule has 4 nitrogen and oxygen atoms in total. The first-order chi connectivity index (χ1) is 7.06. The molecular weight excluding hydrogens is 196 g/mol. The van der Waals surface area contributed by atoms with E-state index in [1.54, 1.807) is 13.8 Å². The molecule has 0 aliphatic carbocycles. The second kappa shape index (κ2) is 4.77. The molecule has 0 amide bonds. The van der Waals surface area contributed by atoms with Gasteiger partial charge in [-0.25, -0.2) is 9.59 Å². The van der Waals surface area contributed by atoms with E-state index in [0.29, 0.717) is 12.0 Å². The lowest BCUT2D eigenvalue weighted by atomic mass is 10.1. The van der Waals surface area contributed by atoms with Crippen LogP contribution in [0.2, 0.25) is 0 Å². The van der Waals surface area contributed by atoms with Gasteiger partial charge < -0.3 is 9.47 Å². The molecule has 1 aliphatic rings. The van der Waals surface area contributed by atoms with Crippen molar-refractivity contribution in [2.75, 3.05) is 6.61 Å². The Kier molecular flexibility index (Phi) is 3.66. The van der Waals surface area contributed by atoms with Gasteiger partial charge in [0.05, 0.1) is 6.26 Å². The van der Waals surface area contributed by atoms with Crippen molar-refractivity contribution in [1.29, 1.82) is 0 Å². The summed E-state index contributed by atoms with van der Waals surface area (Å²) in [5, 5.41) is 0. The molecule has 0 unspecified atom stereocenters. The molecular formula is C11H14O4. The van der Waals surface area contributed by atoms with Gasteiger partial charge in [0.25, 0.3) is 0 Å². The maximum Gasteiger partial charge on any atom is 0.339 e. The zero-order valence-corrected chi connectivity index (χ0v) is 9.12. The molecule has 1 aliphatic heterocycles. The standard InChI is InChI=1S/C11H14O4/c1-4-9-5-14-10(12)7(2)8(3)11(13)15-6-9/h5H,4,6H2,1-3H3/b8-7-,9-5-. The second-order valence-corrected chi connectivity index (χ2v) is 3.36. The largest absolute Gasteiger partial charge is 0.458 e.